The molecule has 31 heavy (non-hydrogen) atoms. The summed E-state index contributed by atoms with van der Waals surface area (Å²) in [5.41, 5.74) is 0.417. The Morgan fingerprint density at radius 2 is 1.61 bits per heavy atom. The molecule has 2 saturated heterocycles. The van der Waals surface area contributed by atoms with Crippen LogP contribution in [0, 0.1) is 5.92 Å². The third-order valence-electron chi connectivity index (χ3n) is 5.52. The first-order valence-corrected chi connectivity index (χ1v) is 11.0. The number of carbonyl (C=O) groups excluding carboxylic acids is 3. The lowest BCUT2D eigenvalue weighted by Crippen LogP contribution is -2.49. The first-order chi connectivity index (χ1) is 14.7. The van der Waals surface area contributed by atoms with Gasteiger partial charge in [0, 0.05) is 32.2 Å². The van der Waals surface area contributed by atoms with Crippen LogP contribution in [0.5, 0.6) is 0 Å². The average Bonchev–Trinajstić information content (AvgIpc) is 3.23. The van der Waals surface area contributed by atoms with Crippen molar-refractivity contribution in [1.82, 2.24) is 15.1 Å². The standard InChI is InChI=1S/C23H33N3O5/c1-23(2,3)31-22(29)25-13-10-19(11-14-25)24-20(27)18-9-12-26(15-18)21(28)30-16-17-7-5-4-6-8-17/h4-8,18-19H,9-16H2,1-3H3,(H,24,27)/t18-/m1/s1. The third-order valence-corrected chi connectivity index (χ3v) is 5.52. The van der Waals surface area contributed by atoms with E-state index in [1.54, 1.807) is 9.80 Å². The van der Waals surface area contributed by atoms with Gasteiger partial charge in [0.1, 0.15) is 12.2 Å². The van der Waals surface area contributed by atoms with E-state index in [2.05, 4.69) is 5.32 Å². The molecule has 8 nitrogen and oxygen atoms in total. The topological polar surface area (TPSA) is 88.2 Å². The molecule has 0 unspecified atom stereocenters. The van der Waals surface area contributed by atoms with Gasteiger partial charge in [-0.3, -0.25) is 4.79 Å². The molecule has 0 bridgehead atoms. The van der Waals surface area contributed by atoms with Crippen LogP contribution >= 0.6 is 0 Å². The van der Waals surface area contributed by atoms with Crippen molar-refractivity contribution < 1.29 is 23.9 Å². The van der Waals surface area contributed by atoms with Gasteiger partial charge in [0.05, 0.1) is 5.92 Å². The molecular formula is C23H33N3O5. The molecule has 2 aliphatic heterocycles. The molecule has 2 fully saturated rings. The number of amides is 3. The van der Waals surface area contributed by atoms with Crippen LogP contribution < -0.4 is 5.32 Å². The summed E-state index contributed by atoms with van der Waals surface area (Å²) < 4.78 is 10.8. The zero-order chi connectivity index (χ0) is 22.4. The fourth-order valence-electron chi connectivity index (χ4n) is 3.80. The van der Waals surface area contributed by atoms with E-state index >= 15 is 0 Å². The molecule has 1 aromatic carbocycles. The van der Waals surface area contributed by atoms with E-state index < -0.39 is 5.60 Å². The van der Waals surface area contributed by atoms with Crippen molar-refractivity contribution in [2.75, 3.05) is 26.2 Å². The Kier molecular flexibility index (Phi) is 7.41. The van der Waals surface area contributed by atoms with Crippen molar-refractivity contribution in [2.45, 2.75) is 58.3 Å². The molecule has 0 aromatic heterocycles. The van der Waals surface area contributed by atoms with Crippen molar-refractivity contribution in [3.63, 3.8) is 0 Å². The van der Waals surface area contributed by atoms with Crippen LogP contribution in [0.4, 0.5) is 9.59 Å². The highest BCUT2D eigenvalue weighted by atomic mass is 16.6. The Bertz CT molecular complexity index is 769. The lowest BCUT2D eigenvalue weighted by atomic mass is 10.0. The molecule has 1 N–H and O–H groups in total. The highest BCUT2D eigenvalue weighted by molar-refractivity contribution is 5.81. The minimum absolute atomic E-state index is 0.0327. The highest BCUT2D eigenvalue weighted by Gasteiger charge is 2.34. The van der Waals surface area contributed by atoms with Gasteiger partial charge in [-0.1, -0.05) is 30.3 Å². The molecule has 8 heteroatoms. The number of hydrogen-bond donors (Lipinski definition) is 1. The normalized spacial score (nSPS) is 19.8. The maximum Gasteiger partial charge on any atom is 0.410 e. The Morgan fingerprint density at radius 3 is 2.26 bits per heavy atom. The van der Waals surface area contributed by atoms with E-state index in [0.29, 0.717) is 45.4 Å². The van der Waals surface area contributed by atoms with Crippen LogP contribution in [0.25, 0.3) is 0 Å². The van der Waals surface area contributed by atoms with Crippen LogP contribution in [0.2, 0.25) is 0 Å². The number of likely N-dealkylation sites (tertiary alicyclic amines) is 2. The summed E-state index contributed by atoms with van der Waals surface area (Å²) in [5, 5.41) is 3.09. The van der Waals surface area contributed by atoms with Gasteiger partial charge in [-0.05, 0) is 45.6 Å². The molecule has 0 saturated carbocycles. The lowest BCUT2D eigenvalue weighted by molar-refractivity contribution is -0.125. The maximum absolute atomic E-state index is 12.7. The van der Waals surface area contributed by atoms with Crippen molar-refractivity contribution in [1.29, 1.82) is 0 Å². The van der Waals surface area contributed by atoms with E-state index in [0.717, 1.165) is 5.56 Å². The molecule has 0 aliphatic carbocycles. The van der Waals surface area contributed by atoms with Crippen molar-refractivity contribution in [3.8, 4) is 0 Å². The second-order valence-electron chi connectivity index (χ2n) is 9.22. The first-order valence-electron chi connectivity index (χ1n) is 11.0. The molecule has 2 heterocycles. The molecule has 1 atom stereocenters. The van der Waals surface area contributed by atoms with Gasteiger partial charge in [0.25, 0.3) is 0 Å². The molecule has 2 aliphatic rings. The monoisotopic (exact) mass is 431 g/mol. The summed E-state index contributed by atoms with van der Waals surface area (Å²) in [5.74, 6) is -0.262. The number of rotatable bonds is 4. The van der Waals surface area contributed by atoms with Crippen LogP contribution in [0.15, 0.2) is 30.3 Å². The Morgan fingerprint density at radius 1 is 0.968 bits per heavy atom. The molecule has 170 valence electrons. The largest absolute Gasteiger partial charge is 0.445 e. The van der Waals surface area contributed by atoms with E-state index in [1.165, 1.54) is 0 Å². The van der Waals surface area contributed by atoms with Crippen LogP contribution in [0.1, 0.15) is 45.6 Å². The second-order valence-corrected chi connectivity index (χ2v) is 9.22. The summed E-state index contributed by atoms with van der Waals surface area (Å²) in [7, 11) is 0. The lowest BCUT2D eigenvalue weighted by Gasteiger charge is -2.34. The van der Waals surface area contributed by atoms with Crippen molar-refractivity contribution in [2.24, 2.45) is 5.92 Å². The van der Waals surface area contributed by atoms with Crippen LogP contribution in [-0.4, -0.2) is 65.7 Å². The molecule has 1 aromatic rings. The first kappa shape index (κ1) is 22.9. The third kappa shape index (κ3) is 6.87. The van der Waals surface area contributed by atoms with Gasteiger partial charge >= 0.3 is 12.2 Å². The van der Waals surface area contributed by atoms with Crippen molar-refractivity contribution >= 4 is 18.1 Å². The second kappa shape index (κ2) is 10.0. The average molecular weight is 432 g/mol. The molecular weight excluding hydrogens is 398 g/mol. The number of nitrogens with zero attached hydrogens (tertiary/aromatic N) is 2. The minimum Gasteiger partial charge on any atom is -0.445 e. The highest BCUT2D eigenvalue weighted by Crippen LogP contribution is 2.20. The van der Waals surface area contributed by atoms with Crippen LogP contribution in [0.3, 0.4) is 0 Å². The molecule has 3 rings (SSSR count). The Hall–Kier alpha value is -2.77. The number of piperidine rings is 1. The van der Waals surface area contributed by atoms with Gasteiger partial charge in [0.2, 0.25) is 5.91 Å². The van der Waals surface area contributed by atoms with E-state index in [9.17, 15) is 14.4 Å². The van der Waals surface area contributed by atoms with Gasteiger partial charge < -0.3 is 24.6 Å². The summed E-state index contributed by atoms with van der Waals surface area (Å²) in [6.07, 6.45) is 1.33. The van der Waals surface area contributed by atoms with Gasteiger partial charge in [-0.15, -0.1) is 0 Å². The van der Waals surface area contributed by atoms with Gasteiger partial charge in [0.15, 0.2) is 0 Å². The fourth-order valence-corrected chi connectivity index (χ4v) is 3.80. The number of nitrogens with one attached hydrogen (secondary N) is 1. The Labute approximate surface area is 183 Å². The van der Waals surface area contributed by atoms with Crippen molar-refractivity contribution in [3.05, 3.63) is 35.9 Å². The zero-order valence-electron chi connectivity index (χ0n) is 18.6. The fraction of sp³-hybridized carbons (Fsp3) is 0.609. The van der Waals surface area contributed by atoms with Gasteiger partial charge in [-0.2, -0.15) is 0 Å². The predicted octanol–water partition coefficient (Wildman–Crippen LogP) is 3.16. The molecule has 3 amide bonds. The van der Waals surface area contributed by atoms with E-state index in [1.807, 2.05) is 51.1 Å². The summed E-state index contributed by atoms with van der Waals surface area (Å²) in [6.45, 7) is 7.77. The number of hydrogen-bond acceptors (Lipinski definition) is 5. The summed E-state index contributed by atoms with van der Waals surface area (Å²) in [6, 6.07) is 9.55. The van der Waals surface area contributed by atoms with E-state index in [-0.39, 0.29) is 36.7 Å². The summed E-state index contributed by atoms with van der Waals surface area (Å²) >= 11 is 0. The van der Waals surface area contributed by atoms with E-state index in [4.69, 9.17) is 9.47 Å². The number of carbonyl (C=O) groups is 3. The van der Waals surface area contributed by atoms with Gasteiger partial charge in [-0.25, -0.2) is 9.59 Å². The smallest absolute Gasteiger partial charge is 0.410 e. The quantitative estimate of drug-likeness (QED) is 0.791. The minimum atomic E-state index is -0.515. The molecule has 0 spiro atoms. The number of ether oxygens (including phenoxy) is 2. The predicted molar refractivity (Wildman–Crippen MR) is 115 cm³/mol. The Balaban J connectivity index is 1.38. The zero-order valence-corrected chi connectivity index (χ0v) is 18.6. The summed E-state index contributed by atoms with van der Waals surface area (Å²) in [4.78, 5) is 40.4. The molecule has 0 radical (unpaired) electrons. The maximum atomic E-state index is 12.7. The van der Waals surface area contributed by atoms with Crippen LogP contribution in [-0.2, 0) is 20.9 Å². The SMILES string of the molecule is CC(C)(C)OC(=O)N1CCC(NC(=O)[C@@H]2CCN(C(=O)OCc3ccccc3)C2)CC1. The number of benzene rings is 1.